The number of nitrogens with zero attached hydrogens (tertiary/aromatic N) is 1. The van der Waals surface area contributed by atoms with Gasteiger partial charge in [0.25, 0.3) is 11.8 Å². The van der Waals surface area contributed by atoms with E-state index < -0.39 is 0 Å². The lowest BCUT2D eigenvalue weighted by Gasteiger charge is -2.15. The van der Waals surface area contributed by atoms with E-state index in [9.17, 15) is 9.59 Å². The van der Waals surface area contributed by atoms with Crippen molar-refractivity contribution in [3.63, 3.8) is 0 Å². The normalized spacial score (nSPS) is 14.4. The number of benzene rings is 3. The number of hydrogen-bond donors (Lipinski definition) is 1. The zero-order valence-corrected chi connectivity index (χ0v) is 21.3. The number of methoxy groups -OCH3 is 1. The first-order valence-electron chi connectivity index (χ1n) is 10.5. The van der Waals surface area contributed by atoms with Crippen LogP contribution >= 0.6 is 35.6 Å². The van der Waals surface area contributed by atoms with E-state index in [1.54, 1.807) is 61.7 Å². The summed E-state index contributed by atoms with van der Waals surface area (Å²) in [6.45, 7) is 1.74. The zero-order chi connectivity index (χ0) is 24.9. The number of carbonyl (C=O) groups excluding carboxylic acids is 2. The number of aryl methyl sites for hydroxylation is 1. The molecule has 3 aromatic rings. The van der Waals surface area contributed by atoms with Crippen LogP contribution < -0.4 is 19.7 Å². The highest BCUT2D eigenvalue weighted by molar-refractivity contribution is 8.27. The number of carbonyl (C=O) groups is 2. The highest BCUT2D eigenvalue weighted by Crippen LogP contribution is 2.37. The number of nitrogens with one attached hydrogen (secondary N) is 1. The molecule has 1 aliphatic rings. The second-order valence-corrected chi connectivity index (χ2v) is 9.67. The van der Waals surface area contributed by atoms with Crippen molar-refractivity contribution in [2.24, 2.45) is 0 Å². The Bertz CT molecular complexity index is 1330. The predicted molar refractivity (Wildman–Crippen MR) is 145 cm³/mol. The summed E-state index contributed by atoms with van der Waals surface area (Å²) in [4.78, 5) is 27.2. The molecular weight excluding hydrogens is 504 g/mol. The summed E-state index contributed by atoms with van der Waals surface area (Å²) >= 11 is 12.9. The van der Waals surface area contributed by atoms with E-state index in [2.05, 4.69) is 5.32 Å². The fourth-order valence-corrected chi connectivity index (χ4v) is 4.75. The fourth-order valence-electron chi connectivity index (χ4n) is 3.28. The van der Waals surface area contributed by atoms with Gasteiger partial charge in [0.2, 0.25) is 0 Å². The maximum absolute atomic E-state index is 13.0. The Balaban J connectivity index is 1.41. The van der Waals surface area contributed by atoms with Crippen LogP contribution in [0.5, 0.6) is 11.5 Å². The minimum atomic E-state index is -0.293. The van der Waals surface area contributed by atoms with Gasteiger partial charge >= 0.3 is 0 Å². The third kappa shape index (κ3) is 6.03. The van der Waals surface area contributed by atoms with Crippen molar-refractivity contribution in [3.05, 3.63) is 87.8 Å². The minimum Gasteiger partial charge on any atom is -0.497 e. The van der Waals surface area contributed by atoms with Crippen LogP contribution in [0.2, 0.25) is 5.02 Å². The molecular formula is C26H21ClN2O4S2. The van der Waals surface area contributed by atoms with Crippen LogP contribution in [-0.2, 0) is 9.59 Å². The molecule has 0 bridgehead atoms. The number of hydrogen-bond acceptors (Lipinski definition) is 6. The lowest BCUT2D eigenvalue weighted by molar-refractivity contribution is -0.118. The van der Waals surface area contributed by atoms with Gasteiger partial charge in [-0.3, -0.25) is 14.5 Å². The Kier molecular flexibility index (Phi) is 7.75. The predicted octanol–water partition coefficient (Wildman–Crippen LogP) is 6.08. The fraction of sp³-hybridized carbons (Fsp3) is 0.115. The molecule has 6 nitrogen and oxygen atoms in total. The molecule has 9 heteroatoms. The van der Waals surface area contributed by atoms with Crippen molar-refractivity contribution in [2.45, 2.75) is 6.92 Å². The summed E-state index contributed by atoms with van der Waals surface area (Å²) in [6.07, 6.45) is 1.75. The van der Waals surface area contributed by atoms with Crippen LogP contribution in [-0.4, -0.2) is 29.9 Å². The average molecular weight is 525 g/mol. The molecule has 1 N–H and O–H groups in total. The first-order valence-corrected chi connectivity index (χ1v) is 12.1. The van der Waals surface area contributed by atoms with Gasteiger partial charge in [-0.1, -0.05) is 53.8 Å². The molecule has 0 atom stereocenters. The third-order valence-electron chi connectivity index (χ3n) is 5.11. The van der Waals surface area contributed by atoms with Crippen molar-refractivity contribution in [2.75, 3.05) is 23.9 Å². The Morgan fingerprint density at radius 3 is 2.60 bits per heavy atom. The monoisotopic (exact) mass is 524 g/mol. The molecule has 0 aromatic heterocycles. The van der Waals surface area contributed by atoms with Crippen molar-refractivity contribution < 1.29 is 19.1 Å². The molecule has 178 valence electrons. The first kappa shape index (κ1) is 24.8. The summed E-state index contributed by atoms with van der Waals surface area (Å²) in [5, 5.41) is 3.34. The highest BCUT2D eigenvalue weighted by Gasteiger charge is 2.33. The molecule has 35 heavy (non-hydrogen) atoms. The van der Waals surface area contributed by atoms with Crippen LogP contribution in [0.25, 0.3) is 6.08 Å². The first-order chi connectivity index (χ1) is 16.8. The summed E-state index contributed by atoms with van der Waals surface area (Å²) in [5.74, 6) is 0.698. The van der Waals surface area contributed by atoms with Gasteiger partial charge in [-0.05, 0) is 72.7 Å². The number of amides is 2. The molecule has 1 saturated heterocycles. The van der Waals surface area contributed by atoms with E-state index in [1.165, 1.54) is 16.7 Å². The lowest BCUT2D eigenvalue weighted by Crippen LogP contribution is -2.27. The van der Waals surface area contributed by atoms with Crippen LogP contribution in [0, 0.1) is 6.92 Å². The van der Waals surface area contributed by atoms with Gasteiger partial charge < -0.3 is 14.8 Å². The van der Waals surface area contributed by atoms with Gasteiger partial charge in [0.1, 0.15) is 11.5 Å². The number of ether oxygens (including phenoxy) is 2. The Morgan fingerprint density at radius 2 is 1.89 bits per heavy atom. The van der Waals surface area contributed by atoms with Crippen molar-refractivity contribution in [3.8, 4) is 11.5 Å². The van der Waals surface area contributed by atoms with E-state index in [4.69, 9.17) is 33.3 Å². The second kappa shape index (κ2) is 10.9. The van der Waals surface area contributed by atoms with Crippen LogP contribution in [0.4, 0.5) is 11.4 Å². The summed E-state index contributed by atoms with van der Waals surface area (Å²) in [5.41, 5.74) is 2.95. The van der Waals surface area contributed by atoms with Gasteiger partial charge in [0.05, 0.1) is 17.7 Å². The SMILES string of the molecule is COc1ccc(NC(=O)COc2cccc(/C=C3\SC(=S)N(c4ccc(C)c(Cl)c4)C3=O)c2)cc1. The van der Waals surface area contributed by atoms with E-state index in [1.807, 2.05) is 25.1 Å². The lowest BCUT2D eigenvalue weighted by atomic mass is 10.2. The largest absolute Gasteiger partial charge is 0.497 e. The van der Waals surface area contributed by atoms with Crippen LogP contribution in [0.15, 0.2) is 71.6 Å². The maximum atomic E-state index is 13.0. The van der Waals surface area contributed by atoms with Crippen LogP contribution in [0.3, 0.4) is 0 Å². The minimum absolute atomic E-state index is 0.161. The van der Waals surface area contributed by atoms with Crippen molar-refractivity contribution >= 4 is 69.2 Å². The molecule has 4 rings (SSSR count). The van der Waals surface area contributed by atoms with Gasteiger partial charge in [-0.15, -0.1) is 0 Å². The molecule has 0 radical (unpaired) electrons. The van der Waals surface area contributed by atoms with Gasteiger partial charge in [0, 0.05) is 10.7 Å². The molecule has 0 saturated carbocycles. The third-order valence-corrected chi connectivity index (χ3v) is 6.82. The highest BCUT2D eigenvalue weighted by atomic mass is 35.5. The number of halogens is 1. The smallest absolute Gasteiger partial charge is 0.270 e. The molecule has 1 fully saturated rings. The van der Waals surface area contributed by atoms with E-state index in [0.29, 0.717) is 37.1 Å². The van der Waals surface area contributed by atoms with Gasteiger partial charge in [0.15, 0.2) is 10.9 Å². The number of thioether (sulfide) groups is 1. The molecule has 1 heterocycles. The van der Waals surface area contributed by atoms with Gasteiger partial charge in [-0.25, -0.2) is 0 Å². The van der Waals surface area contributed by atoms with Crippen LogP contribution in [0.1, 0.15) is 11.1 Å². The van der Waals surface area contributed by atoms with Crippen molar-refractivity contribution in [1.29, 1.82) is 0 Å². The van der Waals surface area contributed by atoms with E-state index >= 15 is 0 Å². The molecule has 0 spiro atoms. The van der Waals surface area contributed by atoms with E-state index in [0.717, 1.165) is 11.1 Å². The number of rotatable bonds is 7. The topological polar surface area (TPSA) is 67.9 Å². The van der Waals surface area contributed by atoms with E-state index in [-0.39, 0.29) is 18.4 Å². The maximum Gasteiger partial charge on any atom is 0.270 e. The molecule has 0 unspecified atom stereocenters. The molecule has 3 aromatic carbocycles. The number of thiocarbonyl (C=S) groups is 1. The standard InChI is InChI=1S/C26H21ClN2O4S2/c1-16-6-9-19(14-22(16)27)29-25(31)23(35-26(29)34)13-17-4-3-5-21(12-17)33-15-24(30)28-18-7-10-20(32-2)11-8-18/h3-14H,15H2,1-2H3,(H,28,30)/b23-13-. The summed E-state index contributed by atoms with van der Waals surface area (Å²) in [6, 6.07) is 19.6. The summed E-state index contributed by atoms with van der Waals surface area (Å²) in [7, 11) is 1.58. The Hall–Kier alpha value is -3.33. The molecule has 1 aliphatic heterocycles. The Morgan fingerprint density at radius 1 is 1.11 bits per heavy atom. The second-order valence-electron chi connectivity index (χ2n) is 7.59. The van der Waals surface area contributed by atoms with Gasteiger partial charge in [-0.2, -0.15) is 0 Å². The summed E-state index contributed by atoms with van der Waals surface area (Å²) < 4.78 is 11.2. The quantitative estimate of drug-likeness (QED) is 0.298. The molecule has 2 amide bonds. The number of anilines is 2. The van der Waals surface area contributed by atoms with Crippen molar-refractivity contribution in [1.82, 2.24) is 0 Å². The zero-order valence-electron chi connectivity index (χ0n) is 18.9. The Labute approximate surface area is 217 Å². The average Bonchev–Trinajstić information content (AvgIpc) is 3.13. The molecule has 0 aliphatic carbocycles.